The van der Waals surface area contributed by atoms with Crippen LogP contribution < -0.4 is 0 Å². The zero-order valence-corrected chi connectivity index (χ0v) is 16.4. The number of hydrogen-bond donors (Lipinski definition) is 0. The number of hydrogen-bond acceptors (Lipinski definition) is 4. The summed E-state index contributed by atoms with van der Waals surface area (Å²) >= 11 is 0. The van der Waals surface area contributed by atoms with E-state index in [0.717, 1.165) is 18.4 Å². The lowest BCUT2D eigenvalue weighted by Crippen LogP contribution is -2.21. The topological polar surface area (TPSA) is 46.6 Å². The minimum absolute atomic E-state index is 0.0347. The van der Waals surface area contributed by atoms with Gasteiger partial charge in [-0.05, 0) is 51.3 Å². The summed E-state index contributed by atoms with van der Waals surface area (Å²) in [5, 5.41) is 0. The van der Waals surface area contributed by atoms with E-state index >= 15 is 0 Å². The fourth-order valence-electron chi connectivity index (χ4n) is 3.55. The fraction of sp³-hybridized carbons (Fsp3) is 0.478. The molecule has 0 spiro atoms. The Morgan fingerprint density at radius 3 is 2.74 bits per heavy atom. The molecule has 0 radical (unpaired) electrons. The van der Waals surface area contributed by atoms with Crippen molar-refractivity contribution in [2.75, 3.05) is 13.2 Å². The number of esters is 1. The Morgan fingerprint density at radius 1 is 1.33 bits per heavy atom. The van der Waals surface area contributed by atoms with Gasteiger partial charge in [0.2, 0.25) is 0 Å². The summed E-state index contributed by atoms with van der Waals surface area (Å²) in [7, 11) is 0. The van der Waals surface area contributed by atoms with E-state index in [9.17, 15) is 9.59 Å². The largest absolute Gasteiger partial charge is 0.463 e. The molecule has 4 heteroatoms. The zero-order valence-electron chi connectivity index (χ0n) is 16.4. The molecule has 4 nitrogen and oxygen atoms in total. The molecule has 3 atom stereocenters. The van der Waals surface area contributed by atoms with Gasteiger partial charge in [-0.1, -0.05) is 42.5 Å². The van der Waals surface area contributed by atoms with Gasteiger partial charge in [0.25, 0.3) is 0 Å². The van der Waals surface area contributed by atoms with Crippen molar-refractivity contribution < 1.29 is 14.3 Å². The number of allylic oxidation sites excluding steroid dienone is 2. The molecule has 1 heterocycles. The van der Waals surface area contributed by atoms with E-state index in [4.69, 9.17) is 4.74 Å². The van der Waals surface area contributed by atoms with E-state index in [0.29, 0.717) is 25.5 Å². The molecule has 0 unspecified atom stereocenters. The highest BCUT2D eigenvalue weighted by atomic mass is 16.5. The van der Waals surface area contributed by atoms with Crippen LogP contribution in [-0.4, -0.2) is 36.3 Å². The second-order valence-electron chi connectivity index (χ2n) is 7.04. The second kappa shape index (κ2) is 11.4. The van der Waals surface area contributed by atoms with Gasteiger partial charge >= 0.3 is 5.97 Å². The predicted octanol–water partition coefficient (Wildman–Crippen LogP) is 4.48. The molecule has 1 aromatic rings. The summed E-state index contributed by atoms with van der Waals surface area (Å²) in [5.41, 5.74) is 1.15. The van der Waals surface area contributed by atoms with Gasteiger partial charge in [-0.3, -0.25) is 0 Å². The Bertz CT molecular complexity index is 638. The molecule has 0 aromatic heterocycles. The molecule has 1 saturated heterocycles. The fourth-order valence-corrected chi connectivity index (χ4v) is 3.55. The van der Waals surface area contributed by atoms with Crippen molar-refractivity contribution in [2.24, 2.45) is 5.92 Å². The van der Waals surface area contributed by atoms with Crippen molar-refractivity contribution >= 4 is 12.3 Å². The summed E-state index contributed by atoms with van der Waals surface area (Å²) in [4.78, 5) is 25.6. The van der Waals surface area contributed by atoms with Gasteiger partial charge in [-0.2, -0.15) is 0 Å². The summed E-state index contributed by atoms with van der Waals surface area (Å²) in [6.07, 6.45) is 12.4. The van der Waals surface area contributed by atoms with Gasteiger partial charge in [0.05, 0.1) is 6.61 Å². The van der Waals surface area contributed by atoms with Crippen LogP contribution in [0.3, 0.4) is 0 Å². The van der Waals surface area contributed by atoms with E-state index in [-0.39, 0.29) is 17.8 Å². The van der Waals surface area contributed by atoms with Crippen molar-refractivity contribution in [2.45, 2.75) is 51.5 Å². The third kappa shape index (κ3) is 6.70. The number of rotatable bonds is 10. The Kier molecular flexibility index (Phi) is 8.82. The third-order valence-corrected chi connectivity index (χ3v) is 5.12. The molecule has 27 heavy (non-hydrogen) atoms. The smallest absolute Gasteiger partial charge is 0.330 e. The van der Waals surface area contributed by atoms with Crippen LogP contribution in [0.5, 0.6) is 0 Å². The Balaban J connectivity index is 2.07. The highest BCUT2D eigenvalue weighted by molar-refractivity contribution is 5.81. The van der Waals surface area contributed by atoms with Crippen LogP contribution in [0.15, 0.2) is 54.8 Å². The van der Waals surface area contributed by atoms with Crippen molar-refractivity contribution in [1.82, 2.24) is 4.90 Å². The van der Waals surface area contributed by atoms with E-state index in [1.807, 2.05) is 18.2 Å². The lowest BCUT2D eigenvalue weighted by molar-refractivity contribution is -0.137. The SMILES string of the molecule is CCOC(=O)/C=C/CC[C@@H](C=O)[C@@H](/C=C/N1CCC[C@H]1C)c1ccccc1. The molecular weight excluding hydrogens is 338 g/mol. The maximum Gasteiger partial charge on any atom is 0.330 e. The molecule has 0 amide bonds. The standard InChI is InChI=1S/C23H31NO3/c1-3-27-23(26)14-8-7-13-21(18-25)22(20-11-5-4-6-12-20)15-17-24-16-9-10-19(24)2/h4-6,8,11-12,14-15,17-19,21-22H,3,7,9-10,13,16H2,1-2H3/b14-8+,17-15+/t19-,21+,22+/m1/s1. The molecule has 1 aliphatic rings. The maximum atomic E-state index is 11.8. The number of carbonyl (C=O) groups is 2. The first-order chi connectivity index (χ1) is 13.2. The van der Waals surface area contributed by atoms with Crippen LogP contribution in [0.1, 0.15) is 51.0 Å². The second-order valence-corrected chi connectivity index (χ2v) is 7.04. The van der Waals surface area contributed by atoms with Crippen LogP contribution in [0.4, 0.5) is 0 Å². The highest BCUT2D eigenvalue weighted by Gasteiger charge is 2.22. The molecule has 2 rings (SSSR count). The van der Waals surface area contributed by atoms with Crippen molar-refractivity contribution in [3.05, 3.63) is 60.3 Å². The summed E-state index contributed by atoms with van der Waals surface area (Å²) < 4.78 is 4.89. The van der Waals surface area contributed by atoms with Gasteiger partial charge in [-0.25, -0.2) is 4.79 Å². The summed E-state index contributed by atoms with van der Waals surface area (Å²) in [5.74, 6) is -0.427. The number of likely N-dealkylation sites (tertiary alicyclic amines) is 1. The van der Waals surface area contributed by atoms with Gasteiger partial charge < -0.3 is 14.4 Å². The van der Waals surface area contributed by atoms with Gasteiger partial charge in [0.1, 0.15) is 6.29 Å². The van der Waals surface area contributed by atoms with E-state index in [2.05, 4.69) is 36.2 Å². The minimum atomic E-state index is -0.331. The first-order valence-corrected chi connectivity index (χ1v) is 9.93. The van der Waals surface area contributed by atoms with Crippen LogP contribution in [0, 0.1) is 5.92 Å². The van der Waals surface area contributed by atoms with Crippen molar-refractivity contribution in [3.8, 4) is 0 Å². The van der Waals surface area contributed by atoms with E-state index in [1.165, 1.54) is 18.9 Å². The lowest BCUT2D eigenvalue weighted by Gasteiger charge is -2.23. The molecule has 0 N–H and O–H groups in total. The van der Waals surface area contributed by atoms with E-state index in [1.54, 1.807) is 13.0 Å². The van der Waals surface area contributed by atoms with Crippen LogP contribution >= 0.6 is 0 Å². The molecule has 1 aromatic carbocycles. The highest BCUT2D eigenvalue weighted by Crippen LogP contribution is 2.29. The number of aldehydes is 1. The molecule has 1 fully saturated rings. The number of ether oxygens (including phenoxy) is 1. The van der Waals surface area contributed by atoms with E-state index < -0.39 is 0 Å². The Morgan fingerprint density at radius 2 is 2.11 bits per heavy atom. The molecule has 0 aliphatic carbocycles. The Labute approximate surface area is 162 Å². The third-order valence-electron chi connectivity index (χ3n) is 5.12. The normalized spacial score (nSPS) is 19.5. The monoisotopic (exact) mass is 369 g/mol. The molecule has 0 bridgehead atoms. The first kappa shape index (κ1) is 20.9. The number of nitrogens with zero attached hydrogens (tertiary/aromatic N) is 1. The van der Waals surface area contributed by atoms with Crippen molar-refractivity contribution in [3.63, 3.8) is 0 Å². The van der Waals surface area contributed by atoms with Crippen molar-refractivity contribution in [1.29, 1.82) is 0 Å². The molecule has 0 saturated carbocycles. The number of benzene rings is 1. The predicted molar refractivity (Wildman–Crippen MR) is 108 cm³/mol. The zero-order chi connectivity index (χ0) is 19.5. The summed E-state index contributed by atoms with van der Waals surface area (Å²) in [6, 6.07) is 10.7. The van der Waals surface area contributed by atoms with Crippen LogP contribution in [0.25, 0.3) is 0 Å². The van der Waals surface area contributed by atoms with Crippen LogP contribution in [0.2, 0.25) is 0 Å². The van der Waals surface area contributed by atoms with Gasteiger partial charge in [-0.15, -0.1) is 0 Å². The molecule has 146 valence electrons. The molecular formula is C23H31NO3. The lowest BCUT2D eigenvalue weighted by atomic mass is 9.84. The number of carbonyl (C=O) groups excluding carboxylic acids is 2. The minimum Gasteiger partial charge on any atom is -0.463 e. The molecule has 1 aliphatic heterocycles. The first-order valence-electron chi connectivity index (χ1n) is 9.93. The van der Waals surface area contributed by atoms with Gasteiger partial charge in [0, 0.05) is 30.5 Å². The quantitative estimate of drug-likeness (QED) is 0.346. The summed E-state index contributed by atoms with van der Waals surface area (Å²) in [6.45, 7) is 5.47. The maximum absolute atomic E-state index is 11.8. The average molecular weight is 370 g/mol. The average Bonchev–Trinajstić information content (AvgIpc) is 3.09. The Hall–Kier alpha value is -2.36. The van der Waals surface area contributed by atoms with Crippen LogP contribution in [-0.2, 0) is 14.3 Å². The van der Waals surface area contributed by atoms with Gasteiger partial charge in [0.15, 0.2) is 0 Å².